The van der Waals surface area contributed by atoms with Crippen molar-refractivity contribution in [1.29, 1.82) is 0 Å². The Labute approximate surface area is 181 Å². The summed E-state index contributed by atoms with van der Waals surface area (Å²) in [4.78, 5) is 0. The summed E-state index contributed by atoms with van der Waals surface area (Å²) in [5.74, 6) is 0.935. The van der Waals surface area contributed by atoms with Crippen LogP contribution in [0.2, 0.25) is 0 Å². The van der Waals surface area contributed by atoms with E-state index in [-0.39, 0.29) is 0 Å². The maximum atomic E-state index is 6.61. The van der Waals surface area contributed by atoms with Gasteiger partial charge >= 0.3 is 0 Å². The second-order valence-corrected chi connectivity index (χ2v) is 8.33. The molecule has 1 nitrogen and oxygen atoms in total. The van der Waals surface area contributed by atoms with E-state index in [2.05, 4.69) is 111 Å². The molecule has 0 unspecified atom stereocenters. The van der Waals surface area contributed by atoms with Crippen LogP contribution in [-0.2, 0) is 0 Å². The summed E-state index contributed by atoms with van der Waals surface area (Å²) in [6.45, 7) is 4.26. The van der Waals surface area contributed by atoms with Crippen molar-refractivity contribution in [2.45, 2.75) is 13.8 Å². The number of fused-ring (bicyclic) bond motifs is 5. The molecule has 4 aromatic carbocycles. The van der Waals surface area contributed by atoms with Gasteiger partial charge < -0.3 is 4.42 Å². The third kappa shape index (κ3) is 2.78. The van der Waals surface area contributed by atoms with Gasteiger partial charge in [-0.3, -0.25) is 0 Å². The fourth-order valence-corrected chi connectivity index (χ4v) is 4.72. The van der Waals surface area contributed by atoms with E-state index in [4.69, 9.17) is 4.42 Å². The summed E-state index contributed by atoms with van der Waals surface area (Å²) < 4.78 is 6.61. The third-order valence-electron chi connectivity index (χ3n) is 6.19. The van der Waals surface area contributed by atoms with Gasteiger partial charge in [0.15, 0.2) is 0 Å². The van der Waals surface area contributed by atoms with E-state index < -0.39 is 0 Å². The Morgan fingerprint density at radius 1 is 0.484 bits per heavy atom. The van der Waals surface area contributed by atoms with E-state index in [0.29, 0.717) is 0 Å². The van der Waals surface area contributed by atoms with Crippen LogP contribution in [0.3, 0.4) is 0 Å². The number of hydrogen-bond donors (Lipinski definition) is 0. The van der Waals surface area contributed by atoms with Crippen LogP contribution < -0.4 is 0 Å². The molecule has 0 radical (unpaired) electrons. The molecule has 0 bridgehead atoms. The van der Waals surface area contributed by atoms with Crippen molar-refractivity contribution in [3.8, 4) is 33.6 Å². The number of benzene rings is 4. The van der Waals surface area contributed by atoms with E-state index in [9.17, 15) is 0 Å². The molecule has 1 heteroatoms. The van der Waals surface area contributed by atoms with Crippen molar-refractivity contribution in [3.63, 3.8) is 0 Å². The van der Waals surface area contributed by atoms with Crippen LogP contribution in [0, 0.1) is 13.8 Å². The first kappa shape index (κ1) is 18.0. The largest absolute Gasteiger partial charge is 0.455 e. The van der Waals surface area contributed by atoms with Crippen molar-refractivity contribution in [2.24, 2.45) is 0 Å². The molecule has 31 heavy (non-hydrogen) atoms. The van der Waals surface area contributed by atoms with Gasteiger partial charge in [0.05, 0.1) is 0 Å². The topological polar surface area (TPSA) is 13.1 Å². The van der Waals surface area contributed by atoms with Gasteiger partial charge in [-0.05, 0) is 47.9 Å². The highest BCUT2D eigenvalue weighted by Crippen LogP contribution is 2.52. The minimum atomic E-state index is 0.918. The molecule has 0 saturated carbocycles. The maximum absolute atomic E-state index is 6.61. The first-order valence-electron chi connectivity index (χ1n) is 10.7. The summed E-state index contributed by atoms with van der Waals surface area (Å²) in [7, 11) is 0. The van der Waals surface area contributed by atoms with Crippen LogP contribution in [-0.4, -0.2) is 0 Å². The molecule has 1 aliphatic carbocycles. The van der Waals surface area contributed by atoms with Gasteiger partial charge in [0.1, 0.15) is 11.3 Å². The molecule has 148 valence electrons. The average molecular weight is 399 g/mol. The van der Waals surface area contributed by atoms with E-state index in [1.807, 2.05) is 0 Å². The summed E-state index contributed by atoms with van der Waals surface area (Å²) in [6.07, 6.45) is 0. The van der Waals surface area contributed by atoms with E-state index in [1.54, 1.807) is 0 Å². The molecule has 2 aliphatic rings. The van der Waals surface area contributed by atoms with Crippen molar-refractivity contribution < 1.29 is 4.42 Å². The van der Waals surface area contributed by atoms with Crippen LogP contribution in [0.1, 0.15) is 11.1 Å². The van der Waals surface area contributed by atoms with E-state index >= 15 is 0 Å². The van der Waals surface area contributed by atoms with Crippen LogP contribution in [0.5, 0.6) is 0 Å². The van der Waals surface area contributed by atoms with Crippen LogP contribution in [0.4, 0.5) is 0 Å². The molecule has 0 N–H and O–H groups in total. The SMILES string of the molecule is Cc1ccc(-c2oc3ccc(C)cc3c3c(-c4ccccc4)c4ccccc4c2-3)cc1. The first-order chi connectivity index (χ1) is 15.2. The summed E-state index contributed by atoms with van der Waals surface area (Å²) in [6, 6.07) is 34.5. The summed E-state index contributed by atoms with van der Waals surface area (Å²) in [5.41, 5.74) is 9.48. The van der Waals surface area contributed by atoms with Gasteiger partial charge in [0.25, 0.3) is 0 Å². The van der Waals surface area contributed by atoms with Crippen LogP contribution >= 0.6 is 0 Å². The second-order valence-electron chi connectivity index (χ2n) is 8.33. The van der Waals surface area contributed by atoms with Gasteiger partial charge in [-0.25, -0.2) is 0 Å². The molecule has 0 amide bonds. The molecule has 6 rings (SSSR count). The molecule has 1 heterocycles. The van der Waals surface area contributed by atoms with Gasteiger partial charge in [-0.1, -0.05) is 96.1 Å². The van der Waals surface area contributed by atoms with Crippen molar-refractivity contribution in [3.05, 3.63) is 108 Å². The molecule has 0 spiro atoms. The Morgan fingerprint density at radius 3 is 1.87 bits per heavy atom. The lowest BCUT2D eigenvalue weighted by Crippen LogP contribution is -1.90. The third-order valence-corrected chi connectivity index (χ3v) is 6.19. The fourth-order valence-electron chi connectivity index (χ4n) is 4.72. The highest BCUT2D eigenvalue weighted by atomic mass is 16.3. The summed E-state index contributed by atoms with van der Waals surface area (Å²) in [5, 5.41) is 3.67. The predicted octanol–water partition coefficient (Wildman–Crippen LogP) is 8.64. The lowest BCUT2D eigenvalue weighted by Gasteiger charge is -2.15. The molecule has 1 aliphatic heterocycles. The lowest BCUT2D eigenvalue weighted by atomic mass is 9.93. The Morgan fingerprint density at radius 2 is 1.13 bits per heavy atom. The Kier molecular flexibility index (Phi) is 3.97. The van der Waals surface area contributed by atoms with Crippen LogP contribution in [0.15, 0.2) is 101 Å². The smallest absolute Gasteiger partial charge is 0.143 e. The monoisotopic (exact) mass is 398 g/mol. The standard InChI is InChI=1S/C30H22O/c1-19-12-15-22(16-13-19)30-29-24-11-7-6-10-23(24)27(21-8-4-3-5-9-21)28(29)25-18-20(2)14-17-26(25)31-30/h3-18H,1-2H3. The average Bonchev–Trinajstić information content (AvgIpc) is 3.15. The Hall–Kier alpha value is -3.84. The fraction of sp³-hybridized carbons (Fsp3) is 0.0667. The number of aryl methyl sites for hydroxylation is 2. The summed E-state index contributed by atoms with van der Waals surface area (Å²) >= 11 is 0. The van der Waals surface area contributed by atoms with Gasteiger partial charge in [-0.15, -0.1) is 0 Å². The zero-order valence-electron chi connectivity index (χ0n) is 17.6. The molecule has 0 fully saturated rings. The van der Waals surface area contributed by atoms with Crippen molar-refractivity contribution in [1.82, 2.24) is 0 Å². The zero-order chi connectivity index (χ0) is 20.9. The highest BCUT2D eigenvalue weighted by molar-refractivity contribution is 6.23. The predicted molar refractivity (Wildman–Crippen MR) is 131 cm³/mol. The minimum absolute atomic E-state index is 0.918. The van der Waals surface area contributed by atoms with Gasteiger partial charge in [0, 0.05) is 22.1 Å². The molecule has 0 atom stereocenters. The first-order valence-corrected chi connectivity index (χ1v) is 10.7. The second kappa shape index (κ2) is 6.85. The highest BCUT2D eigenvalue weighted by Gasteiger charge is 2.26. The molecule has 0 aromatic heterocycles. The lowest BCUT2D eigenvalue weighted by molar-refractivity contribution is 0.622. The molecular formula is C30H22O. The van der Waals surface area contributed by atoms with Crippen molar-refractivity contribution >= 4 is 21.7 Å². The normalized spacial score (nSPS) is 11.5. The minimum Gasteiger partial charge on any atom is -0.455 e. The maximum Gasteiger partial charge on any atom is 0.143 e. The van der Waals surface area contributed by atoms with Gasteiger partial charge in [0.2, 0.25) is 0 Å². The molecular weight excluding hydrogens is 376 g/mol. The van der Waals surface area contributed by atoms with Gasteiger partial charge in [-0.2, -0.15) is 0 Å². The number of rotatable bonds is 2. The number of hydrogen-bond acceptors (Lipinski definition) is 1. The van der Waals surface area contributed by atoms with E-state index in [0.717, 1.165) is 16.9 Å². The van der Waals surface area contributed by atoms with E-state index in [1.165, 1.54) is 49.5 Å². The Balaban J connectivity index is 1.85. The quantitative estimate of drug-likeness (QED) is 0.284. The van der Waals surface area contributed by atoms with Crippen molar-refractivity contribution in [2.75, 3.05) is 0 Å². The van der Waals surface area contributed by atoms with Crippen LogP contribution in [0.25, 0.3) is 55.3 Å². The molecule has 4 aromatic rings. The Bertz CT molecular complexity index is 1520. The molecule has 0 saturated heterocycles. The zero-order valence-corrected chi connectivity index (χ0v) is 17.6.